The minimum atomic E-state index is -0.139. The Labute approximate surface area is 85.6 Å². The van der Waals surface area contributed by atoms with Crippen LogP contribution in [0.25, 0.3) is 0 Å². The molecule has 1 heterocycles. The van der Waals surface area contributed by atoms with Crippen LogP contribution in [0.1, 0.15) is 44.9 Å². The maximum absolute atomic E-state index is 10.9. The van der Waals surface area contributed by atoms with Gasteiger partial charge < -0.3 is 5.73 Å². The van der Waals surface area contributed by atoms with Gasteiger partial charge >= 0.3 is 0 Å². The summed E-state index contributed by atoms with van der Waals surface area (Å²) in [7, 11) is 0. The van der Waals surface area contributed by atoms with Gasteiger partial charge in [-0.3, -0.25) is 9.69 Å². The lowest BCUT2D eigenvalue weighted by Crippen LogP contribution is -2.39. The smallest absolute Gasteiger partial charge is 0.218 e. The third-order valence-electron chi connectivity index (χ3n) is 3.65. The molecule has 0 radical (unpaired) electrons. The summed E-state index contributed by atoms with van der Waals surface area (Å²) in [6, 6.07) is 1.21. The molecule has 0 spiro atoms. The van der Waals surface area contributed by atoms with Crippen molar-refractivity contribution < 1.29 is 4.79 Å². The van der Waals surface area contributed by atoms with E-state index in [9.17, 15) is 4.79 Å². The van der Waals surface area contributed by atoms with Crippen LogP contribution >= 0.6 is 0 Å². The highest BCUT2D eigenvalue weighted by molar-refractivity contribution is 5.74. The molecule has 0 aromatic carbocycles. The Bertz CT molecular complexity index is 211. The number of hydrogen-bond acceptors (Lipinski definition) is 2. The largest absolute Gasteiger partial charge is 0.370 e. The SMILES string of the molecule is NC(=O)C[C@H]1CCCN1C1CCCC1. The molecule has 0 aromatic rings. The van der Waals surface area contributed by atoms with E-state index < -0.39 is 0 Å². The number of likely N-dealkylation sites (tertiary alicyclic amines) is 1. The molecule has 3 nitrogen and oxygen atoms in total. The fourth-order valence-electron chi connectivity index (χ4n) is 3.03. The molecule has 2 rings (SSSR count). The van der Waals surface area contributed by atoms with E-state index in [-0.39, 0.29) is 5.91 Å². The lowest BCUT2D eigenvalue weighted by molar-refractivity contribution is -0.119. The van der Waals surface area contributed by atoms with Gasteiger partial charge in [0.25, 0.3) is 0 Å². The van der Waals surface area contributed by atoms with Gasteiger partial charge in [0.15, 0.2) is 0 Å². The average molecular weight is 196 g/mol. The molecule has 1 saturated carbocycles. The first-order valence-corrected chi connectivity index (χ1v) is 5.81. The van der Waals surface area contributed by atoms with Crippen LogP contribution in [0.2, 0.25) is 0 Å². The molecule has 80 valence electrons. The van der Waals surface area contributed by atoms with Crippen LogP contribution in [-0.4, -0.2) is 29.4 Å². The first-order valence-electron chi connectivity index (χ1n) is 5.81. The van der Waals surface area contributed by atoms with Crippen molar-refractivity contribution >= 4 is 5.91 Å². The zero-order valence-electron chi connectivity index (χ0n) is 8.74. The van der Waals surface area contributed by atoms with Crippen LogP contribution in [0.5, 0.6) is 0 Å². The van der Waals surface area contributed by atoms with E-state index >= 15 is 0 Å². The number of rotatable bonds is 3. The molecule has 2 N–H and O–H groups in total. The quantitative estimate of drug-likeness (QED) is 0.739. The van der Waals surface area contributed by atoms with Crippen molar-refractivity contribution in [1.29, 1.82) is 0 Å². The molecule has 1 aliphatic heterocycles. The van der Waals surface area contributed by atoms with Gasteiger partial charge in [0.05, 0.1) is 0 Å². The number of hydrogen-bond donors (Lipinski definition) is 1. The molecule has 14 heavy (non-hydrogen) atoms. The topological polar surface area (TPSA) is 46.3 Å². The Kier molecular flexibility index (Phi) is 3.06. The number of carbonyl (C=O) groups excluding carboxylic acids is 1. The zero-order chi connectivity index (χ0) is 9.97. The van der Waals surface area contributed by atoms with Crippen molar-refractivity contribution in [2.24, 2.45) is 5.73 Å². The fourth-order valence-corrected chi connectivity index (χ4v) is 3.03. The molecule has 2 fully saturated rings. The fraction of sp³-hybridized carbons (Fsp3) is 0.909. The van der Waals surface area contributed by atoms with Gasteiger partial charge in [0.1, 0.15) is 0 Å². The molecule has 3 heteroatoms. The summed E-state index contributed by atoms with van der Waals surface area (Å²) in [5.41, 5.74) is 5.27. The van der Waals surface area contributed by atoms with Crippen molar-refractivity contribution in [1.82, 2.24) is 4.90 Å². The van der Waals surface area contributed by atoms with E-state index in [4.69, 9.17) is 5.73 Å². The Morgan fingerprint density at radius 3 is 2.57 bits per heavy atom. The molecular weight excluding hydrogens is 176 g/mol. The Hall–Kier alpha value is -0.570. The van der Waals surface area contributed by atoms with Crippen molar-refractivity contribution in [3.63, 3.8) is 0 Å². The lowest BCUT2D eigenvalue weighted by atomic mass is 10.1. The maximum Gasteiger partial charge on any atom is 0.218 e. The normalized spacial score (nSPS) is 29.9. The van der Waals surface area contributed by atoms with Gasteiger partial charge in [-0.05, 0) is 32.2 Å². The van der Waals surface area contributed by atoms with E-state index in [0.717, 1.165) is 6.04 Å². The lowest BCUT2D eigenvalue weighted by Gasteiger charge is -2.29. The van der Waals surface area contributed by atoms with Crippen molar-refractivity contribution in [2.75, 3.05) is 6.54 Å². The van der Waals surface area contributed by atoms with E-state index in [1.165, 1.54) is 45.1 Å². The van der Waals surface area contributed by atoms with Crippen LogP contribution in [0.15, 0.2) is 0 Å². The second-order valence-electron chi connectivity index (χ2n) is 4.64. The summed E-state index contributed by atoms with van der Waals surface area (Å²) in [6.45, 7) is 1.18. The van der Waals surface area contributed by atoms with Crippen molar-refractivity contribution in [3.8, 4) is 0 Å². The predicted molar refractivity (Wildman–Crippen MR) is 55.8 cm³/mol. The van der Waals surface area contributed by atoms with Crippen LogP contribution in [0.3, 0.4) is 0 Å². The van der Waals surface area contributed by atoms with Crippen LogP contribution in [0, 0.1) is 0 Å². The molecule has 1 atom stereocenters. The highest BCUT2D eigenvalue weighted by atomic mass is 16.1. The number of carbonyl (C=O) groups is 1. The van der Waals surface area contributed by atoms with Crippen molar-refractivity contribution in [3.05, 3.63) is 0 Å². The second kappa shape index (κ2) is 4.30. The molecule has 2 aliphatic rings. The molecule has 0 unspecified atom stereocenters. The number of nitrogens with zero attached hydrogens (tertiary/aromatic N) is 1. The summed E-state index contributed by atoms with van der Waals surface area (Å²) < 4.78 is 0. The maximum atomic E-state index is 10.9. The Morgan fingerprint density at radius 2 is 1.93 bits per heavy atom. The van der Waals surface area contributed by atoms with E-state index in [0.29, 0.717) is 12.5 Å². The summed E-state index contributed by atoms with van der Waals surface area (Å²) in [4.78, 5) is 13.5. The van der Waals surface area contributed by atoms with Gasteiger partial charge in [-0.1, -0.05) is 12.8 Å². The summed E-state index contributed by atoms with van der Waals surface area (Å²) in [5.74, 6) is -0.139. The molecule has 1 aliphatic carbocycles. The van der Waals surface area contributed by atoms with Gasteiger partial charge in [-0.2, -0.15) is 0 Å². The van der Waals surface area contributed by atoms with Crippen LogP contribution in [-0.2, 0) is 4.79 Å². The van der Waals surface area contributed by atoms with Crippen LogP contribution < -0.4 is 5.73 Å². The van der Waals surface area contributed by atoms with Gasteiger partial charge in [-0.25, -0.2) is 0 Å². The minimum absolute atomic E-state index is 0.139. The summed E-state index contributed by atoms with van der Waals surface area (Å²) in [6.07, 6.45) is 8.36. The highest BCUT2D eigenvalue weighted by Crippen LogP contribution is 2.30. The van der Waals surface area contributed by atoms with E-state index in [1.54, 1.807) is 0 Å². The molecular formula is C11H20N2O. The van der Waals surface area contributed by atoms with Crippen molar-refractivity contribution in [2.45, 2.75) is 57.0 Å². The number of primary amides is 1. The molecule has 1 saturated heterocycles. The minimum Gasteiger partial charge on any atom is -0.370 e. The van der Waals surface area contributed by atoms with Crippen LogP contribution in [0.4, 0.5) is 0 Å². The number of amides is 1. The predicted octanol–water partition coefficient (Wildman–Crippen LogP) is 1.27. The zero-order valence-corrected chi connectivity index (χ0v) is 8.74. The third kappa shape index (κ3) is 2.08. The Balaban J connectivity index is 1.92. The average Bonchev–Trinajstić information content (AvgIpc) is 2.70. The highest BCUT2D eigenvalue weighted by Gasteiger charge is 2.32. The van der Waals surface area contributed by atoms with Gasteiger partial charge in [0.2, 0.25) is 5.91 Å². The number of nitrogens with two attached hydrogens (primary N) is 1. The molecule has 0 bridgehead atoms. The van der Waals surface area contributed by atoms with Gasteiger partial charge in [-0.15, -0.1) is 0 Å². The summed E-state index contributed by atoms with van der Waals surface area (Å²) in [5, 5.41) is 0. The van der Waals surface area contributed by atoms with Gasteiger partial charge in [0, 0.05) is 18.5 Å². The first kappa shape index (κ1) is 9.97. The van der Waals surface area contributed by atoms with E-state index in [1.807, 2.05) is 0 Å². The standard InChI is InChI=1S/C11H20N2O/c12-11(14)8-10-6-3-7-13(10)9-4-1-2-5-9/h9-10H,1-8H2,(H2,12,14)/t10-/m1/s1. The van der Waals surface area contributed by atoms with E-state index in [2.05, 4.69) is 4.90 Å². The monoisotopic (exact) mass is 196 g/mol. The third-order valence-corrected chi connectivity index (χ3v) is 3.65. The summed E-state index contributed by atoms with van der Waals surface area (Å²) >= 11 is 0. The second-order valence-corrected chi connectivity index (χ2v) is 4.64. The Morgan fingerprint density at radius 1 is 1.21 bits per heavy atom. The molecule has 1 amide bonds. The molecule has 0 aromatic heterocycles. The first-order chi connectivity index (χ1) is 6.77.